The van der Waals surface area contributed by atoms with Crippen LogP contribution in [0.3, 0.4) is 0 Å². The highest BCUT2D eigenvalue weighted by Crippen LogP contribution is 2.20. The van der Waals surface area contributed by atoms with Crippen molar-refractivity contribution in [3.05, 3.63) is 40.1 Å². The molecule has 0 aliphatic heterocycles. The molecule has 0 fully saturated rings. The highest BCUT2D eigenvalue weighted by Gasteiger charge is 2.02. The second-order valence-corrected chi connectivity index (χ2v) is 3.38. The van der Waals surface area contributed by atoms with Crippen LogP contribution in [0.2, 0.25) is 0 Å². The summed E-state index contributed by atoms with van der Waals surface area (Å²) in [6.07, 6.45) is 1.30. The molecule has 7 heteroatoms. The maximum Gasteiger partial charge on any atom is 0.364 e. The van der Waals surface area contributed by atoms with Crippen LogP contribution in [-0.2, 0) is 0 Å². The minimum atomic E-state index is -0.461. The van der Waals surface area contributed by atoms with Gasteiger partial charge in [0, 0.05) is 11.6 Å². The maximum absolute atomic E-state index is 11.2. The molecule has 1 aromatic carbocycles. The third-order valence-electron chi connectivity index (χ3n) is 2.14. The standard InChI is InChI=1S/C10H10N4O3/c1-6-12-13-10(17)14(6)11-5-7-2-3-8(15)4-9(7)16/h2-5,15-16H,1H3,(H,13,17). The van der Waals surface area contributed by atoms with Gasteiger partial charge in [-0.05, 0) is 19.1 Å². The molecule has 88 valence electrons. The number of benzene rings is 1. The summed E-state index contributed by atoms with van der Waals surface area (Å²) in [4.78, 5) is 11.2. The van der Waals surface area contributed by atoms with E-state index in [1.54, 1.807) is 6.92 Å². The number of aromatic nitrogens is 3. The van der Waals surface area contributed by atoms with Gasteiger partial charge in [-0.25, -0.2) is 9.89 Å². The Hall–Kier alpha value is -2.57. The summed E-state index contributed by atoms with van der Waals surface area (Å²) < 4.78 is 1.06. The number of H-pyrrole nitrogens is 1. The summed E-state index contributed by atoms with van der Waals surface area (Å²) in [6.45, 7) is 1.62. The number of rotatable bonds is 2. The molecule has 0 bridgehead atoms. The molecule has 1 aromatic heterocycles. The van der Waals surface area contributed by atoms with Crippen molar-refractivity contribution in [2.24, 2.45) is 5.10 Å². The Kier molecular flexibility index (Phi) is 2.65. The molecule has 0 aliphatic carbocycles. The smallest absolute Gasteiger partial charge is 0.364 e. The molecule has 2 rings (SSSR count). The van der Waals surface area contributed by atoms with Crippen molar-refractivity contribution in [2.75, 3.05) is 0 Å². The van der Waals surface area contributed by atoms with Crippen molar-refractivity contribution in [1.29, 1.82) is 0 Å². The van der Waals surface area contributed by atoms with Gasteiger partial charge in [0.15, 0.2) is 5.82 Å². The molecule has 0 atom stereocenters. The van der Waals surface area contributed by atoms with Crippen LogP contribution in [0, 0.1) is 6.92 Å². The van der Waals surface area contributed by atoms with Crippen molar-refractivity contribution in [2.45, 2.75) is 6.92 Å². The fraction of sp³-hybridized carbons (Fsp3) is 0.100. The lowest BCUT2D eigenvalue weighted by Crippen LogP contribution is -2.13. The first-order valence-electron chi connectivity index (χ1n) is 4.78. The zero-order valence-corrected chi connectivity index (χ0v) is 8.95. The van der Waals surface area contributed by atoms with Crippen LogP contribution in [0.4, 0.5) is 0 Å². The van der Waals surface area contributed by atoms with Gasteiger partial charge in [-0.1, -0.05) is 0 Å². The van der Waals surface area contributed by atoms with E-state index >= 15 is 0 Å². The quantitative estimate of drug-likeness (QED) is 0.644. The summed E-state index contributed by atoms with van der Waals surface area (Å²) in [7, 11) is 0. The summed E-state index contributed by atoms with van der Waals surface area (Å²) in [5.74, 6) is 0.240. The lowest BCUT2D eigenvalue weighted by Gasteiger charge is -1.99. The fourth-order valence-corrected chi connectivity index (χ4v) is 1.27. The first kappa shape index (κ1) is 10.9. The highest BCUT2D eigenvalue weighted by molar-refractivity contribution is 5.83. The molecule has 0 aliphatic rings. The highest BCUT2D eigenvalue weighted by atomic mass is 16.3. The minimum Gasteiger partial charge on any atom is -0.508 e. The third-order valence-corrected chi connectivity index (χ3v) is 2.14. The summed E-state index contributed by atoms with van der Waals surface area (Å²) in [5.41, 5.74) is -0.0766. The van der Waals surface area contributed by atoms with E-state index in [1.807, 2.05) is 0 Å². The van der Waals surface area contributed by atoms with E-state index in [2.05, 4.69) is 15.3 Å². The molecule has 0 amide bonds. The molecule has 17 heavy (non-hydrogen) atoms. The van der Waals surface area contributed by atoms with E-state index < -0.39 is 5.69 Å². The monoisotopic (exact) mass is 234 g/mol. The Balaban J connectivity index is 2.36. The Labute approximate surface area is 95.7 Å². The van der Waals surface area contributed by atoms with E-state index in [0.29, 0.717) is 11.4 Å². The number of hydrogen-bond donors (Lipinski definition) is 3. The molecule has 0 radical (unpaired) electrons. The number of nitrogens with zero attached hydrogens (tertiary/aromatic N) is 3. The molecule has 1 heterocycles. The second kappa shape index (κ2) is 4.12. The maximum atomic E-state index is 11.2. The van der Waals surface area contributed by atoms with Gasteiger partial charge in [0.1, 0.15) is 11.5 Å². The number of phenols is 2. The lowest BCUT2D eigenvalue weighted by molar-refractivity contribution is 0.450. The van der Waals surface area contributed by atoms with Crippen molar-refractivity contribution >= 4 is 6.21 Å². The Bertz CT molecular complexity index is 627. The van der Waals surface area contributed by atoms with Gasteiger partial charge in [0.05, 0.1) is 6.21 Å². The molecule has 3 N–H and O–H groups in total. The Morgan fingerprint density at radius 3 is 2.82 bits per heavy atom. The van der Waals surface area contributed by atoms with E-state index in [1.165, 1.54) is 24.4 Å². The SMILES string of the molecule is Cc1n[nH]c(=O)n1N=Cc1ccc(O)cc1O. The van der Waals surface area contributed by atoms with Crippen molar-refractivity contribution in [1.82, 2.24) is 14.9 Å². The molecule has 0 saturated carbocycles. The minimum absolute atomic E-state index is 0.0451. The predicted molar refractivity (Wildman–Crippen MR) is 60.3 cm³/mol. The van der Waals surface area contributed by atoms with Gasteiger partial charge in [0.2, 0.25) is 0 Å². The van der Waals surface area contributed by atoms with E-state index in [0.717, 1.165) is 4.68 Å². The summed E-state index contributed by atoms with van der Waals surface area (Å²) >= 11 is 0. The molecule has 0 unspecified atom stereocenters. The van der Waals surface area contributed by atoms with Crippen molar-refractivity contribution in [3.8, 4) is 11.5 Å². The number of hydrogen-bond acceptors (Lipinski definition) is 5. The third kappa shape index (κ3) is 2.17. The molecular weight excluding hydrogens is 224 g/mol. The van der Waals surface area contributed by atoms with Gasteiger partial charge >= 0.3 is 5.69 Å². The second-order valence-electron chi connectivity index (χ2n) is 3.38. The first-order chi connectivity index (χ1) is 8.08. The number of nitrogens with one attached hydrogen (secondary N) is 1. The van der Waals surface area contributed by atoms with E-state index in [4.69, 9.17) is 5.11 Å². The average molecular weight is 234 g/mol. The zero-order valence-electron chi connectivity index (χ0n) is 8.95. The van der Waals surface area contributed by atoms with Crippen molar-refractivity contribution < 1.29 is 10.2 Å². The van der Waals surface area contributed by atoms with E-state index in [9.17, 15) is 9.90 Å². The van der Waals surface area contributed by atoms with Gasteiger partial charge < -0.3 is 10.2 Å². The normalized spacial score (nSPS) is 11.1. The molecule has 0 spiro atoms. The summed E-state index contributed by atoms with van der Waals surface area (Å²) in [5, 5.41) is 28.4. The molecule has 0 saturated heterocycles. The van der Waals surface area contributed by atoms with E-state index in [-0.39, 0.29) is 11.5 Å². The number of aromatic hydroxyl groups is 2. The topological polar surface area (TPSA) is 104 Å². The summed E-state index contributed by atoms with van der Waals surface area (Å²) in [6, 6.07) is 4.08. The van der Waals surface area contributed by atoms with Gasteiger partial charge in [0.25, 0.3) is 0 Å². The Morgan fingerprint density at radius 2 is 2.24 bits per heavy atom. The van der Waals surface area contributed by atoms with Gasteiger partial charge in [-0.2, -0.15) is 14.9 Å². The van der Waals surface area contributed by atoms with Crippen LogP contribution >= 0.6 is 0 Å². The number of phenolic OH excluding ortho intramolecular Hbond substituents is 2. The van der Waals surface area contributed by atoms with Gasteiger partial charge in [-0.15, -0.1) is 0 Å². The van der Waals surface area contributed by atoms with Crippen LogP contribution in [0.1, 0.15) is 11.4 Å². The van der Waals surface area contributed by atoms with Crippen LogP contribution in [-0.4, -0.2) is 31.3 Å². The van der Waals surface area contributed by atoms with Crippen LogP contribution < -0.4 is 5.69 Å². The zero-order chi connectivity index (χ0) is 12.4. The van der Waals surface area contributed by atoms with Crippen LogP contribution in [0.15, 0.2) is 28.1 Å². The fourth-order valence-electron chi connectivity index (χ4n) is 1.27. The number of aryl methyl sites for hydroxylation is 1. The molecular formula is C10H10N4O3. The molecule has 7 nitrogen and oxygen atoms in total. The van der Waals surface area contributed by atoms with Crippen LogP contribution in [0.25, 0.3) is 0 Å². The van der Waals surface area contributed by atoms with Gasteiger partial charge in [-0.3, -0.25) is 0 Å². The largest absolute Gasteiger partial charge is 0.508 e. The Morgan fingerprint density at radius 1 is 1.47 bits per heavy atom. The lowest BCUT2D eigenvalue weighted by atomic mass is 10.2. The predicted octanol–water partition coefficient (Wildman–Crippen LogP) is 0.173. The molecule has 2 aromatic rings. The van der Waals surface area contributed by atoms with Crippen LogP contribution in [0.5, 0.6) is 11.5 Å². The number of aromatic amines is 1. The first-order valence-corrected chi connectivity index (χ1v) is 4.78. The average Bonchev–Trinajstić information content (AvgIpc) is 2.58. The van der Waals surface area contributed by atoms with Crippen molar-refractivity contribution in [3.63, 3.8) is 0 Å².